The van der Waals surface area contributed by atoms with Gasteiger partial charge >= 0.3 is 0 Å². The summed E-state index contributed by atoms with van der Waals surface area (Å²) >= 11 is 3.57. The number of allylic oxidation sites excluding steroid dienone is 2. The van der Waals surface area contributed by atoms with Gasteiger partial charge in [0.1, 0.15) is 6.61 Å². The highest BCUT2D eigenvalue weighted by Gasteiger charge is 2.37. The van der Waals surface area contributed by atoms with Crippen molar-refractivity contribution in [3.8, 4) is 11.5 Å². The predicted octanol–water partition coefficient (Wildman–Crippen LogP) is 7.60. The van der Waals surface area contributed by atoms with Crippen molar-refractivity contribution < 1.29 is 9.47 Å². The lowest BCUT2D eigenvalue weighted by molar-refractivity contribution is 0.324. The van der Waals surface area contributed by atoms with Gasteiger partial charge in [0.15, 0.2) is 11.5 Å². The third kappa shape index (κ3) is 4.40. The third-order valence-electron chi connectivity index (χ3n) is 6.48. The van der Waals surface area contributed by atoms with Crippen molar-refractivity contribution in [2.75, 3.05) is 19.0 Å². The number of rotatable bonds is 7. The summed E-state index contributed by atoms with van der Waals surface area (Å²) in [7, 11) is 1.63. The fraction of sp³-hybridized carbons (Fsp3) is 0.207. The monoisotopic (exact) mass is 514 g/mol. The minimum atomic E-state index is 0.288. The molecule has 0 bridgehead atoms. The van der Waals surface area contributed by atoms with E-state index in [0.717, 1.165) is 22.1 Å². The van der Waals surface area contributed by atoms with Crippen LogP contribution in [0.3, 0.4) is 0 Å². The molecular formula is C29H27BrN2O2. The second-order valence-electron chi connectivity index (χ2n) is 8.55. The first kappa shape index (κ1) is 22.5. The van der Waals surface area contributed by atoms with Gasteiger partial charge < -0.3 is 14.8 Å². The van der Waals surface area contributed by atoms with E-state index in [1.54, 1.807) is 13.2 Å². The number of ether oxygens (including phenoxy) is 2. The molecule has 0 saturated heterocycles. The summed E-state index contributed by atoms with van der Waals surface area (Å²) in [6, 6.07) is 21.4. The van der Waals surface area contributed by atoms with Gasteiger partial charge in [-0.15, -0.1) is 0 Å². The van der Waals surface area contributed by atoms with Crippen molar-refractivity contribution in [3.63, 3.8) is 0 Å². The van der Waals surface area contributed by atoms with Gasteiger partial charge in [0.05, 0.1) is 23.3 Å². The maximum Gasteiger partial charge on any atom is 0.175 e. The van der Waals surface area contributed by atoms with E-state index in [9.17, 15) is 0 Å². The number of nitrogens with zero attached hydrogens (tertiary/aromatic N) is 1. The molecule has 1 heterocycles. The van der Waals surface area contributed by atoms with Crippen LogP contribution in [0.5, 0.6) is 11.5 Å². The molecule has 0 radical (unpaired) electrons. The van der Waals surface area contributed by atoms with Crippen molar-refractivity contribution in [2.24, 2.45) is 10.9 Å². The molecule has 3 aromatic rings. The van der Waals surface area contributed by atoms with Gasteiger partial charge in [-0.05, 0) is 75.3 Å². The van der Waals surface area contributed by atoms with Crippen LogP contribution in [-0.4, -0.2) is 19.9 Å². The molecule has 3 aromatic carbocycles. The van der Waals surface area contributed by atoms with Crippen LogP contribution in [0.2, 0.25) is 0 Å². The highest BCUT2D eigenvalue weighted by Crippen LogP contribution is 2.49. The fourth-order valence-corrected chi connectivity index (χ4v) is 5.46. The topological polar surface area (TPSA) is 42.8 Å². The second kappa shape index (κ2) is 9.90. The Morgan fingerprint density at radius 3 is 2.76 bits per heavy atom. The number of fused-ring (bicyclic) bond motifs is 3. The number of hydrogen-bond donors (Lipinski definition) is 1. The summed E-state index contributed by atoms with van der Waals surface area (Å²) in [6.45, 7) is 4.10. The van der Waals surface area contributed by atoms with Crippen molar-refractivity contribution in [2.45, 2.75) is 18.4 Å². The van der Waals surface area contributed by atoms with Gasteiger partial charge in [-0.2, -0.15) is 0 Å². The Labute approximate surface area is 209 Å². The van der Waals surface area contributed by atoms with E-state index in [4.69, 9.17) is 9.47 Å². The summed E-state index contributed by atoms with van der Waals surface area (Å²) in [6.07, 6.45) is 9.34. The lowest BCUT2D eigenvalue weighted by atomic mass is 9.77. The van der Waals surface area contributed by atoms with E-state index >= 15 is 0 Å². The standard InChI is InChI=1S/C29H27BrN2O2/c1-3-15-34-29-25(30)16-19(17-27(29)33-2)18-31-21-13-11-20(12-14-21)28-24-9-6-8-22(24)23-7-4-5-10-26(23)32-28/h3-8,10-14,16-18,22,24,28,32H,1,9,15H2,2H3/t22-,24-,28+/m1/s1. The second-order valence-corrected chi connectivity index (χ2v) is 9.40. The molecule has 2 aliphatic rings. The van der Waals surface area contributed by atoms with Gasteiger partial charge in [0.25, 0.3) is 0 Å². The molecule has 1 aliphatic heterocycles. The number of benzene rings is 3. The number of hydrogen-bond acceptors (Lipinski definition) is 4. The molecule has 0 spiro atoms. The molecule has 3 atom stereocenters. The van der Waals surface area contributed by atoms with Gasteiger partial charge in [-0.25, -0.2) is 0 Å². The van der Waals surface area contributed by atoms with E-state index in [1.165, 1.54) is 16.8 Å². The molecule has 0 fully saturated rings. The molecule has 0 saturated carbocycles. The first-order valence-electron chi connectivity index (χ1n) is 11.5. The molecule has 0 amide bonds. The minimum Gasteiger partial charge on any atom is -0.493 e. The maximum atomic E-state index is 5.70. The molecule has 1 aliphatic carbocycles. The smallest absolute Gasteiger partial charge is 0.175 e. The van der Waals surface area contributed by atoms with Crippen LogP contribution in [0.25, 0.3) is 0 Å². The SMILES string of the molecule is C=CCOc1c(Br)cc(C=Nc2ccc([C@@H]3Nc4ccccc4[C@H]4C=CC[C@H]43)cc2)cc1OC. The van der Waals surface area contributed by atoms with Crippen LogP contribution in [0.1, 0.15) is 35.1 Å². The van der Waals surface area contributed by atoms with Crippen LogP contribution in [0.15, 0.2) is 94.9 Å². The number of anilines is 1. The minimum absolute atomic E-state index is 0.288. The Morgan fingerprint density at radius 1 is 1.15 bits per heavy atom. The molecule has 34 heavy (non-hydrogen) atoms. The Kier molecular flexibility index (Phi) is 6.54. The Hall–Kier alpha value is -3.31. The average molecular weight is 515 g/mol. The zero-order valence-electron chi connectivity index (χ0n) is 19.1. The molecule has 4 nitrogen and oxygen atoms in total. The first-order valence-corrected chi connectivity index (χ1v) is 12.2. The van der Waals surface area contributed by atoms with Gasteiger partial charge in [-0.1, -0.05) is 55.1 Å². The molecule has 5 rings (SSSR count). The van der Waals surface area contributed by atoms with E-state index in [-0.39, 0.29) is 6.04 Å². The van der Waals surface area contributed by atoms with Crippen LogP contribution >= 0.6 is 15.9 Å². The Bertz CT molecular complexity index is 1250. The van der Waals surface area contributed by atoms with Crippen LogP contribution in [-0.2, 0) is 0 Å². The predicted molar refractivity (Wildman–Crippen MR) is 143 cm³/mol. The maximum absolute atomic E-state index is 5.70. The van der Waals surface area contributed by atoms with Gasteiger partial charge in [-0.3, -0.25) is 4.99 Å². The van der Waals surface area contributed by atoms with Crippen molar-refractivity contribution in [3.05, 3.63) is 107 Å². The lowest BCUT2D eigenvalue weighted by Crippen LogP contribution is -2.28. The first-order chi connectivity index (χ1) is 16.7. The van der Waals surface area contributed by atoms with E-state index < -0.39 is 0 Å². The molecule has 0 aromatic heterocycles. The van der Waals surface area contributed by atoms with E-state index in [0.29, 0.717) is 29.9 Å². The van der Waals surface area contributed by atoms with Crippen LogP contribution < -0.4 is 14.8 Å². The number of halogens is 1. The number of aliphatic imine (C=N–C) groups is 1. The van der Waals surface area contributed by atoms with Crippen molar-refractivity contribution in [1.29, 1.82) is 0 Å². The highest BCUT2D eigenvalue weighted by molar-refractivity contribution is 9.10. The Balaban J connectivity index is 1.34. The van der Waals surface area contributed by atoms with Crippen molar-refractivity contribution >= 4 is 33.5 Å². The van der Waals surface area contributed by atoms with E-state index in [2.05, 4.69) is 93.5 Å². The van der Waals surface area contributed by atoms with Crippen LogP contribution in [0, 0.1) is 5.92 Å². The molecule has 172 valence electrons. The molecule has 0 unspecified atom stereocenters. The summed E-state index contributed by atoms with van der Waals surface area (Å²) in [5, 5.41) is 3.79. The summed E-state index contributed by atoms with van der Waals surface area (Å²) in [5.41, 5.74) is 5.76. The zero-order valence-corrected chi connectivity index (χ0v) is 20.7. The summed E-state index contributed by atoms with van der Waals surface area (Å²) < 4.78 is 12.0. The number of nitrogens with one attached hydrogen (secondary N) is 1. The molecule has 5 heteroatoms. The summed E-state index contributed by atoms with van der Waals surface area (Å²) in [5.74, 6) is 2.32. The molecule has 1 N–H and O–H groups in total. The Morgan fingerprint density at radius 2 is 1.97 bits per heavy atom. The number of methoxy groups -OCH3 is 1. The van der Waals surface area contributed by atoms with Gasteiger partial charge in [0, 0.05) is 17.8 Å². The molecular weight excluding hydrogens is 488 g/mol. The van der Waals surface area contributed by atoms with Crippen molar-refractivity contribution in [1.82, 2.24) is 0 Å². The zero-order chi connectivity index (χ0) is 23.5. The van der Waals surface area contributed by atoms with Crippen LogP contribution in [0.4, 0.5) is 11.4 Å². The summed E-state index contributed by atoms with van der Waals surface area (Å²) in [4.78, 5) is 4.68. The quantitative estimate of drug-likeness (QED) is 0.260. The lowest BCUT2D eigenvalue weighted by Gasteiger charge is -2.37. The highest BCUT2D eigenvalue weighted by atomic mass is 79.9. The normalized spacial score (nSPS) is 20.5. The van der Waals surface area contributed by atoms with E-state index in [1.807, 2.05) is 18.3 Å². The largest absolute Gasteiger partial charge is 0.493 e. The fourth-order valence-electron chi connectivity index (χ4n) is 4.89. The third-order valence-corrected chi connectivity index (χ3v) is 7.07. The average Bonchev–Trinajstić information content (AvgIpc) is 3.37. The van der Waals surface area contributed by atoms with Gasteiger partial charge in [0.2, 0.25) is 0 Å². The number of para-hydroxylation sites is 1.